The smallest absolute Gasteiger partial charge is 0.264 e. The third-order valence-corrected chi connectivity index (χ3v) is 3.87. The lowest BCUT2D eigenvalue weighted by Gasteiger charge is -2.10. The van der Waals surface area contributed by atoms with Crippen LogP contribution in [0.25, 0.3) is 0 Å². The number of nitrogens with zero attached hydrogens (tertiary/aromatic N) is 1. The zero-order valence-electron chi connectivity index (χ0n) is 10.9. The number of carbonyl (C=O) groups is 1. The van der Waals surface area contributed by atoms with Gasteiger partial charge in [-0.2, -0.15) is 0 Å². The van der Waals surface area contributed by atoms with E-state index in [1.807, 2.05) is 0 Å². The first-order chi connectivity index (χ1) is 10.0. The molecule has 0 fully saturated rings. The molecule has 110 valence electrons. The topological polar surface area (TPSA) is 74.8 Å². The average molecular weight is 344 g/mol. The Bertz CT molecular complexity index is 734. The molecule has 1 heterocycles. The van der Waals surface area contributed by atoms with Gasteiger partial charge in [0.2, 0.25) is 0 Å². The number of benzene rings is 1. The van der Waals surface area contributed by atoms with Gasteiger partial charge in [-0.15, -0.1) is 0 Å². The molecule has 2 rings (SSSR count). The number of rotatable bonds is 5. The molecule has 0 spiro atoms. The molecule has 2 aromatic rings. The summed E-state index contributed by atoms with van der Waals surface area (Å²) in [5.41, 5.74) is 0.262. The fourth-order valence-corrected chi connectivity index (χ4v) is 2.50. The van der Waals surface area contributed by atoms with Crippen LogP contribution >= 0.6 is 35.0 Å². The van der Waals surface area contributed by atoms with Crippen molar-refractivity contribution in [3.8, 4) is 0 Å². The van der Waals surface area contributed by atoms with E-state index in [1.54, 1.807) is 24.5 Å². The summed E-state index contributed by atoms with van der Waals surface area (Å²) in [6.07, 6.45) is 2.25. The fourth-order valence-electron chi connectivity index (χ4n) is 1.65. The number of hydrogen-bond acceptors (Lipinski definition) is 5. The van der Waals surface area contributed by atoms with E-state index < -0.39 is 5.56 Å². The summed E-state index contributed by atoms with van der Waals surface area (Å²) in [6, 6.07) is 5.10. The molecule has 8 heteroatoms. The summed E-state index contributed by atoms with van der Waals surface area (Å²) in [6.45, 7) is 0.321. The second-order valence-corrected chi connectivity index (χ2v) is 5.68. The molecule has 0 radical (unpaired) electrons. The molecule has 0 saturated heterocycles. The monoisotopic (exact) mass is 343 g/mol. The number of aromatic amines is 1. The molecule has 1 aromatic carbocycles. The number of aldehydes is 1. The van der Waals surface area contributed by atoms with Crippen LogP contribution in [-0.4, -0.2) is 22.5 Å². The normalized spacial score (nSPS) is 10.4. The van der Waals surface area contributed by atoms with Crippen LogP contribution in [0.2, 0.25) is 10.0 Å². The van der Waals surface area contributed by atoms with Crippen molar-refractivity contribution in [3.63, 3.8) is 0 Å². The van der Waals surface area contributed by atoms with Gasteiger partial charge >= 0.3 is 0 Å². The van der Waals surface area contributed by atoms with Gasteiger partial charge in [-0.25, -0.2) is 4.98 Å². The first kappa shape index (κ1) is 15.9. The third kappa shape index (κ3) is 3.78. The second-order valence-electron chi connectivity index (χ2n) is 4.04. The maximum Gasteiger partial charge on any atom is 0.264 e. The molecule has 0 aliphatic carbocycles. The van der Waals surface area contributed by atoms with E-state index in [0.717, 1.165) is 5.56 Å². The van der Waals surface area contributed by atoms with Crippen molar-refractivity contribution >= 4 is 47.1 Å². The summed E-state index contributed by atoms with van der Waals surface area (Å²) in [5.74, 6) is 0.226. The summed E-state index contributed by atoms with van der Waals surface area (Å²) in [5, 5.41) is 4.42. The summed E-state index contributed by atoms with van der Waals surface area (Å²) >= 11 is 13.2. The van der Waals surface area contributed by atoms with Crippen molar-refractivity contribution in [3.05, 3.63) is 49.7 Å². The van der Waals surface area contributed by atoms with Crippen LogP contribution in [0.15, 0.2) is 28.2 Å². The molecule has 0 aliphatic heterocycles. The highest BCUT2D eigenvalue weighted by Crippen LogP contribution is 2.22. The van der Waals surface area contributed by atoms with Crippen LogP contribution in [0.4, 0.5) is 5.82 Å². The van der Waals surface area contributed by atoms with Crippen molar-refractivity contribution in [2.75, 3.05) is 11.6 Å². The molecule has 21 heavy (non-hydrogen) atoms. The molecule has 5 nitrogen and oxygen atoms in total. The third-order valence-electron chi connectivity index (χ3n) is 2.71. The van der Waals surface area contributed by atoms with Gasteiger partial charge in [0.15, 0.2) is 11.4 Å². The summed E-state index contributed by atoms with van der Waals surface area (Å²) in [4.78, 5) is 29.5. The first-order valence-electron chi connectivity index (χ1n) is 5.86. The van der Waals surface area contributed by atoms with Crippen molar-refractivity contribution in [2.24, 2.45) is 0 Å². The highest BCUT2D eigenvalue weighted by molar-refractivity contribution is 7.98. The van der Waals surface area contributed by atoms with Gasteiger partial charge in [0.05, 0.1) is 0 Å². The van der Waals surface area contributed by atoms with Crippen LogP contribution in [-0.2, 0) is 6.54 Å². The molecular weight excluding hydrogens is 333 g/mol. The Kier molecular flexibility index (Phi) is 5.27. The van der Waals surface area contributed by atoms with Crippen molar-refractivity contribution in [1.82, 2.24) is 9.97 Å². The largest absolute Gasteiger partial charge is 0.365 e. The Hall–Kier alpha value is -1.50. The van der Waals surface area contributed by atoms with E-state index in [0.29, 0.717) is 28.0 Å². The van der Waals surface area contributed by atoms with Gasteiger partial charge in [0.1, 0.15) is 11.4 Å². The minimum atomic E-state index is -0.478. The SMILES string of the molecule is CSc1nc(NCc2ccc(Cl)cc2Cl)c(C=O)c(=O)[nH]1. The number of halogens is 2. The van der Waals surface area contributed by atoms with E-state index in [-0.39, 0.29) is 11.4 Å². The number of thioether (sulfide) groups is 1. The zero-order valence-corrected chi connectivity index (χ0v) is 13.3. The summed E-state index contributed by atoms with van der Waals surface area (Å²) in [7, 11) is 0. The van der Waals surface area contributed by atoms with E-state index in [9.17, 15) is 9.59 Å². The molecule has 0 bridgehead atoms. The van der Waals surface area contributed by atoms with Crippen LogP contribution in [0.1, 0.15) is 15.9 Å². The van der Waals surface area contributed by atoms with E-state index in [2.05, 4.69) is 15.3 Å². The molecule has 1 aromatic heterocycles. The van der Waals surface area contributed by atoms with E-state index in [4.69, 9.17) is 23.2 Å². The van der Waals surface area contributed by atoms with Gasteiger partial charge in [0.25, 0.3) is 5.56 Å². The van der Waals surface area contributed by atoms with Crippen molar-refractivity contribution < 1.29 is 4.79 Å². The van der Waals surface area contributed by atoms with E-state index >= 15 is 0 Å². The lowest BCUT2D eigenvalue weighted by Crippen LogP contribution is -2.18. The molecule has 0 amide bonds. The first-order valence-corrected chi connectivity index (χ1v) is 7.84. The highest BCUT2D eigenvalue weighted by atomic mass is 35.5. The quantitative estimate of drug-likeness (QED) is 0.495. The number of nitrogens with one attached hydrogen (secondary N) is 2. The average Bonchev–Trinajstić information content (AvgIpc) is 2.45. The Morgan fingerprint density at radius 1 is 1.43 bits per heavy atom. The van der Waals surface area contributed by atoms with Gasteiger partial charge in [-0.3, -0.25) is 9.59 Å². The Labute approximate surface area is 135 Å². The van der Waals surface area contributed by atoms with Gasteiger partial charge < -0.3 is 10.3 Å². The molecule has 0 unspecified atom stereocenters. The van der Waals surface area contributed by atoms with Crippen molar-refractivity contribution in [2.45, 2.75) is 11.7 Å². The Balaban J connectivity index is 2.28. The standard InChI is InChI=1S/C13H11Cl2N3O2S/c1-21-13-17-11(9(6-19)12(20)18-13)16-5-7-2-3-8(14)4-10(7)15/h2-4,6H,5H2,1H3,(H2,16,17,18,20). The van der Waals surface area contributed by atoms with Crippen LogP contribution in [0, 0.1) is 0 Å². The highest BCUT2D eigenvalue weighted by Gasteiger charge is 2.11. The molecule has 0 aliphatic rings. The molecular formula is C13H11Cl2N3O2S. The number of aromatic nitrogens is 2. The zero-order chi connectivity index (χ0) is 15.4. The van der Waals surface area contributed by atoms with Crippen LogP contribution in [0.5, 0.6) is 0 Å². The lowest BCUT2D eigenvalue weighted by atomic mass is 10.2. The number of anilines is 1. The van der Waals surface area contributed by atoms with E-state index in [1.165, 1.54) is 11.8 Å². The molecule has 2 N–H and O–H groups in total. The van der Waals surface area contributed by atoms with Crippen LogP contribution in [0.3, 0.4) is 0 Å². The second kappa shape index (κ2) is 6.98. The maximum absolute atomic E-state index is 11.8. The van der Waals surface area contributed by atoms with Crippen LogP contribution < -0.4 is 10.9 Å². The van der Waals surface area contributed by atoms with Gasteiger partial charge in [0, 0.05) is 16.6 Å². The predicted molar refractivity (Wildman–Crippen MR) is 85.8 cm³/mol. The number of hydrogen-bond donors (Lipinski definition) is 2. The van der Waals surface area contributed by atoms with Gasteiger partial charge in [-0.05, 0) is 24.0 Å². The summed E-state index contributed by atoms with van der Waals surface area (Å²) < 4.78 is 0. The Morgan fingerprint density at radius 3 is 2.81 bits per heavy atom. The predicted octanol–water partition coefficient (Wildman–Crippen LogP) is 3.22. The van der Waals surface area contributed by atoms with Gasteiger partial charge in [-0.1, -0.05) is 41.0 Å². The minimum absolute atomic E-state index is 0.0436. The number of H-pyrrole nitrogens is 1. The van der Waals surface area contributed by atoms with Crippen molar-refractivity contribution in [1.29, 1.82) is 0 Å². The lowest BCUT2D eigenvalue weighted by molar-refractivity contribution is 0.112. The minimum Gasteiger partial charge on any atom is -0.365 e. The molecule has 0 atom stereocenters. The maximum atomic E-state index is 11.8. The number of carbonyl (C=O) groups excluding carboxylic acids is 1. The fraction of sp³-hybridized carbons (Fsp3) is 0.154. The Morgan fingerprint density at radius 2 is 2.19 bits per heavy atom. The molecule has 0 saturated carbocycles.